The molecule has 0 unspecified atom stereocenters. The quantitative estimate of drug-likeness (QED) is 0.620. The number of benzene rings is 1. The van der Waals surface area contributed by atoms with Gasteiger partial charge in [-0.2, -0.15) is 0 Å². The zero-order valence-electron chi connectivity index (χ0n) is 16.3. The van der Waals surface area contributed by atoms with Gasteiger partial charge < -0.3 is 10.1 Å². The third kappa shape index (κ3) is 4.40. The van der Waals surface area contributed by atoms with Crippen molar-refractivity contribution in [2.75, 3.05) is 11.5 Å². The molecular formula is C21H26N2O5. The first-order valence-corrected chi connectivity index (χ1v) is 9.79. The van der Waals surface area contributed by atoms with Crippen molar-refractivity contribution in [3.63, 3.8) is 0 Å². The molecule has 0 aromatic heterocycles. The Hall–Kier alpha value is -2.70. The normalized spacial score (nSPS) is 24.9. The molecule has 1 heterocycles. The Morgan fingerprint density at radius 1 is 1.14 bits per heavy atom. The average Bonchev–Trinajstić information content (AvgIpc) is 3.02. The summed E-state index contributed by atoms with van der Waals surface area (Å²) in [6.45, 7) is 3.96. The number of rotatable bonds is 5. The number of carbonyl (C=O) groups is 4. The lowest BCUT2D eigenvalue weighted by molar-refractivity contribution is -0.125. The first kappa shape index (κ1) is 20.0. The van der Waals surface area contributed by atoms with Crippen LogP contribution in [0.1, 0.15) is 56.3 Å². The minimum atomic E-state index is -0.666. The number of anilines is 1. The molecule has 2 fully saturated rings. The molecule has 1 saturated carbocycles. The second kappa shape index (κ2) is 8.54. The van der Waals surface area contributed by atoms with E-state index in [1.54, 1.807) is 12.1 Å². The Bertz CT molecular complexity index is 775. The maximum Gasteiger partial charge on any atom is 0.338 e. The summed E-state index contributed by atoms with van der Waals surface area (Å²) in [5.41, 5.74) is 0.536. The first-order valence-electron chi connectivity index (χ1n) is 9.79. The van der Waals surface area contributed by atoms with E-state index in [2.05, 4.69) is 19.2 Å². The number of hydrogen-bond acceptors (Lipinski definition) is 5. The fourth-order valence-electron chi connectivity index (χ4n) is 3.89. The van der Waals surface area contributed by atoms with Gasteiger partial charge >= 0.3 is 5.97 Å². The molecule has 3 rings (SSSR count). The fraction of sp³-hybridized carbons (Fsp3) is 0.524. The van der Waals surface area contributed by atoms with E-state index in [1.165, 1.54) is 18.6 Å². The summed E-state index contributed by atoms with van der Waals surface area (Å²) in [5.74, 6) is -0.612. The van der Waals surface area contributed by atoms with Gasteiger partial charge in [0.05, 0.1) is 11.3 Å². The molecular weight excluding hydrogens is 360 g/mol. The minimum absolute atomic E-state index is 0.102. The SMILES string of the molecule is C[C@@H]1[C@H](C)CCC[C@@H]1NC(=O)COC(=O)c1cccc(N2C(=O)CCC2=O)c1. The second-order valence-corrected chi connectivity index (χ2v) is 7.69. The number of imide groups is 1. The summed E-state index contributed by atoms with van der Waals surface area (Å²) in [4.78, 5) is 49.3. The van der Waals surface area contributed by atoms with E-state index in [-0.39, 0.29) is 48.8 Å². The summed E-state index contributed by atoms with van der Waals surface area (Å²) in [7, 11) is 0. The van der Waals surface area contributed by atoms with Crippen molar-refractivity contribution in [3.8, 4) is 0 Å². The molecule has 0 spiro atoms. The van der Waals surface area contributed by atoms with Gasteiger partial charge in [0.2, 0.25) is 11.8 Å². The molecule has 28 heavy (non-hydrogen) atoms. The standard InChI is InChI=1S/C21H26N2O5/c1-13-5-3-8-17(14(13)2)22-18(24)12-28-21(27)15-6-4-7-16(11-15)23-19(25)9-10-20(23)26/h4,6-7,11,13-14,17H,3,5,8-10,12H2,1-2H3,(H,22,24)/t13-,14-,17+/m1/s1. The van der Waals surface area contributed by atoms with E-state index in [4.69, 9.17) is 4.74 Å². The highest BCUT2D eigenvalue weighted by Gasteiger charge is 2.31. The van der Waals surface area contributed by atoms with Crippen LogP contribution in [0.2, 0.25) is 0 Å². The van der Waals surface area contributed by atoms with Crippen molar-refractivity contribution in [1.29, 1.82) is 0 Å². The van der Waals surface area contributed by atoms with Crippen molar-refractivity contribution >= 4 is 29.4 Å². The molecule has 1 aliphatic carbocycles. The lowest BCUT2D eigenvalue weighted by Crippen LogP contribution is -2.45. The molecule has 1 aromatic rings. The predicted molar refractivity (Wildman–Crippen MR) is 103 cm³/mol. The highest BCUT2D eigenvalue weighted by atomic mass is 16.5. The predicted octanol–water partition coefficient (Wildman–Crippen LogP) is 2.44. The maximum absolute atomic E-state index is 12.3. The zero-order valence-corrected chi connectivity index (χ0v) is 16.3. The third-order valence-electron chi connectivity index (χ3n) is 5.78. The summed E-state index contributed by atoms with van der Waals surface area (Å²) < 4.78 is 5.13. The highest BCUT2D eigenvalue weighted by molar-refractivity contribution is 6.20. The van der Waals surface area contributed by atoms with Gasteiger partial charge in [-0.1, -0.05) is 32.8 Å². The average molecular weight is 386 g/mol. The molecule has 7 heteroatoms. The van der Waals surface area contributed by atoms with Gasteiger partial charge in [-0.3, -0.25) is 19.3 Å². The van der Waals surface area contributed by atoms with E-state index in [1.807, 2.05) is 0 Å². The van der Waals surface area contributed by atoms with E-state index in [0.29, 0.717) is 17.5 Å². The van der Waals surface area contributed by atoms with Crippen LogP contribution in [0.15, 0.2) is 24.3 Å². The van der Waals surface area contributed by atoms with Crippen molar-refractivity contribution in [2.45, 2.75) is 52.0 Å². The summed E-state index contributed by atoms with van der Waals surface area (Å²) in [5, 5.41) is 2.96. The highest BCUT2D eigenvalue weighted by Crippen LogP contribution is 2.29. The Morgan fingerprint density at radius 3 is 2.57 bits per heavy atom. The van der Waals surface area contributed by atoms with Crippen molar-refractivity contribution in [1.82, 2.24) is 5.32 Å². The molecule has 150 valence electrons. The minimum Gasteiger partial charge on any atom is -0.452 e. The number of carbonyl (C=O) groups excluding carboxylic acids is 4. The van der Waals surface area contributed by atoms with Gasteiger partial charge in [-0.05, 0) is 36.5 Å². The fourth-order valence-corrected chi connectivity index (χ4v) is 3.89. The summed E-state index contributed by atoms with van der Waals surface area (Å²) in [6, 6.07) is 6.24. The Morgan fingerprint density at radius 2 is 1.86 bits per heavy atom. The van der Waals surface area contributed by atoms with Crippen LogP contribution in [0.25, 0.3) is 0 Å². The molecule has 1 aromatic carbocycles. The van der Waals surface area contributed by atoms with Gasteiger partial charge in [-0.25, -0.2) is 4.79 Å². The molecule has 1 N–H and O–H groups in total. The van der Waals surface area contributed by atoms with Crippen LogP contribution in [0.4, 0.5) is 5.69 Å². The van der Waals surface area contributed by atoms with E-state index in [0.717, 1.165) is 17.7 Å². The van der Waals surface area contributed by atoms with Gasteiger partial charge in [0.15, 0.2) is 6.61 Å². The lowest BCUT2D eigenvalue weighted by atomic mass is 9.78. The lowest BCUT2D eigenvalue weighted by Gasteiger charge is -2.34. The third-order valence-corrected chi connectivity index (χ3v) is 5.78. The van der Waals surface area contributed by atoms with Gasteiger partial charge in [-0.15, -0.1) is 0 Å². The number of hydrogen-bond donors (Lipinski definition) is 1. The van der Waals surface area contributed by atoms with Gasteiger partial charge in [0.25, 0.3) is 5.91 Å². The van der Waals surface area contributed by atoms with Crippen LogP contribution < -0.4 is 10.2 Å². The molecule has 0 bridgehead atoms. The maximum atomic E-state index is 12.3. The molecule has 3 atom stereocenters. The molecule has 3 amide bonds. The van der Waals surface area contributed by atoms with Crippen LogP contribution >= 0.6 is 0 Å². The topological polar surface area (TPSA) is 92.8 Å². The summed E-state index contributed by atoms with van der Waals surface area (Å²) in [6.07, 6.45) is 3.53. The number of nitrogens with zero attached hydrogens (tertiary/aromatic N) is 1. The number of esters is 1. The Kier molecular flexibility index (Phi) is 6.11. The van der Waals surface area contributed by atoms with Crippen LogP contribution in [0, 0.1) is 11.8 Å². The van der Waals surface area contributed by atoms with Crippen LogP contribution in [0.3, 0.4) is 0 Å². The zero-order chi connectivity index (χ0) is 20.3. The van der Waals surface area contributed by atoms with Gasteiger partial charge in [0.1, 0.15) is 0 Å². The van der Waals surface area contributed by atoms with Crippen LogP contribution in [-0.2, 0) is 19.1 Å². The Balaban J connectivity index is 1.56. The summed E-state index contributed by atoms with van der Waals surface area (Å²) >= 11 is 0. The number of ether oxygens (including phenoxy) is 1. The number of amides is 3. The largest absolute Gasteiger partial charge is 0.452 e. The smallest absolute Gasteiger partial charge is 0.338 e. The van der Waals surface area contributed by atoms with Gasteiger partial charge in [0, 0.05) is 18.9 Å². The first-order chi connectivity index (χ1) is 13.4. The van der Waals surface area contributed by atoms with E-state index in [9.17, 15) is 19.2 Å². The Labute approximate surface area is 164 Å². The second-order valence-electron chi connectivity index (χ2n) is 7.69. The van der Waals surface area contributed by atoms with E-state index >= 15 is 0 Å². The molecule has 7 nitrogen and oxygen atoms in total. The van der Waals surface area contributed by atoms with Crippen LogP contribution in [0.5, 0.6) is 0 Å². The van der Waals surface area contributed by atoms with E-state index < -0.39 is 5.97 Å². The molecule has 0 radical (unpaired) electrons. The van der Waals surface area contributed by atoms with Crippen LogP contribution in [-0.4, -0.2) is 36.3 Å². The molecule has 2 aliphatic rings. The van der Waals surface area contributed by atoms with Crippen molar-refractivity contribution in [3.05, 3.63) is 29.8 Å². The molecule has 1 saturated heterocycles. The molecule has 1 aliphatic heterocycles. The van der Waals surface area contributed by atoms with Crippen molar-refractivity contribution in [2.24, 2.45) is 11.8 Å². The monoisotopic (exact) mass is 386 g/mol. The number of nitrogens with one attached hydrogen (secondary N) is 1. The van der Waals surface area contributed by atoms with Crippen molar-refractivity contribution < 1.29 is 23.9 Å².